The summed E-state index contributed by atoms with van der Waals surface area (Å²) in [5, 5.41) is 0.852. The van der Waals surface area contributed by atoms with E-state index in [0.717, 1.165) is 38.9 Å². The number of pyridine rings is 1. The summed E-state index contributed by atoms with van der Waals surface area (Å²) in [5.74, 6) is -0.991. The van der Waals surface area contributed by atoms with E-state index in [0.29, 0.717) is 5.69 Å². The Kier molecular flexibility index (Phi) is 4.43. The van der Waals surface area contributed by atoms with Crippen LogP contribution in [0, 0.1) is 18.6 Å². The maximum Gasteiger partial charge on any atom is 0.219 e. The van der Waals surface area contributed by atoms with Gasteiger partial charge in [-0.05, 0) is 54.4 Å². The first-order chi connectivity index (χ1) is 15.0. The molecular formula is C24H17F2N5. The number of benzene rings is 2. The number of nitrogens with two attached hydrogens (primary N) is 1. The summed E-state index contributed by atoms with van der Waals surface area (Å²) in [4.78, 5) is 15.7. The summed E-state index contributed by atoms with van der Waals surface area (Å²) in [7, 11) is 0. The van der Waals surface area contributed by atoms with Crippen molar-refractivity contribution >= 4 is 16.9 Å². The van der Waals surface area contributed by atoms with Gasteiger partial charge in [0.15, 0.2) is 0 Å². The standard InChI is InChI=1S/C24H17F2N5/c1-13-7-21(16-10-29-24(27)30-11-16)28-12-17(13)14-5-6-20-15(8-14)9-22(31-20)23-18(25)3-2-4-19(23)26/h2-12,31H,1H3,(H2,27,29,30). The Hall–Kier alpha value is -4.13. The molecule has 7 heteroatoms. The van der Waals surface area contributed by atoms with Gasteiger partial charge in [0.05, 0.1) is 17.0 Å². The number of nitrogens with zero attached hydrogens (tertiary/aromatic N) is 3. The second-order valence-electron chi connectivity index (χ2n) is 7.30. The van der Waals surface area contributed by atoms with Crippen LogP contribution in [0.4, 0.5) is 14.7 Å². The zero-order chi connectivity index (χ0) is 21.5. The van der Waals surface area contributed by atoms with E-state index < -0.39 is 11.6 Å². The van der Waals surface area contributed by atoms with Gasteiger partial charge in [-0.25, -0.2) is 18.7 Å². The highest BCUT2D eigenvalue weighted by Crippen LogP contribution is 2.32. The fourth-order valence-electron chi connectivity index (χ4n) is 3.68. The highest BCUT2D eigenvalue weighted by Gasteiger charge is 2.14. The molecule has 31 heavy (non-hydrogen) atoms. The van der Waals surface area contributed by atoms with Gasteiger partial charge in [0.2, 0.25) is 5.95 Å². The minimum absolute atomic E-state index is 0.0619. The van der Waals surface area contributed by atoms with Crippen molar-refractivity contribution in [2.45, 2.75) is 6.92 Å². The number of aromatic nitrogens is 4. The molecule has 0 aliphatic rings. The van der Waals surface area contributed by atoms with Gasteiger partial charge in [0.1, 0.15) is 11.6 Å². The lowest BCUT2D eigenvalue weighted by Crippen LogP contribution is -1.95. The first-order valence-corrected chi connectivity index (χ1v) is 9.61. The van der Waals surface area contributed by atoms with Crippen molar-refractivity contribution in [2.75, 3.05) is 5.73 Å². The topological polar surface area (TPSA) is 80.5 Å². The Bertz CT molecular complexity index is 1400. The zero-order valence-electron chi connectivity index (χ0n) is 16.5. The molecule has 0 aliphatic carbocycles. The Labute approximate surface area is 176 Å². The van der Waals surface area contributed by atoms with E-state index in [2.05, 4.69) is 19.9 Å². The van der Waals surface area contributed by atoms with Crippen LogP contribution in [0.3, 0.4) is 0 Å². The third-order valence-corrected chi connectivity index (χ3v) is 5.24. The normalized spacial score (nSPS) is 11.2. The number of anilines is 1. The number of hydrogen-bond acceptors (Lipinski definition) is 4. The van der Waals surface area contributed by atoms with E-state index in [4.69, 9.17) is 5.73 Å². The summed E-state index contributed by atoms with van der Waals surface area (Å²) >= 11 is 0. The lowest BCUT2D eigenvalue weighted by Gasteiger charge is -2.08. The van der Waals surface area contributed by atoms with Crippen molar-refractivity contribution in [1.82, 2.24) is 19.9 Å². The minimum atomic E-state index is -0.603. The van der Waals surface area contributed by atoms with E-state index in [1.165, 1.54) is 18.2 Å². The first kappa shape index (κ1) is 18.9. The van der Waals surface area contributed by atoms with Gasteiger partial charge in [-0.2, -0.15) is 0 Å². The molecule has 0 fully saturated rings. The fourth-order valence-corrected chi connectivity index (χ4v) is 3.68. The van der Waals surface area contributed by atoms with E-state index >= 15 is 0 Å². The maximum absolute atomic E-state index is 14.2. The number of H-pyrrole nitrogens is 1. The van der Waals surface area contributed by atoms with Gasteiger partial charge in [-0.3, -0.25) is 4.98 Å². The molecule has 0 unspecified atom stereocenters. The molecule has 5 nitrogen and oxygen atoms in total. The van der Waals surface area contributed by atoms with E-state index in [1.54, 1.807) is 24.7 Å². The van der Waals surface area contributed by atoms with Crippen LogP contribution in [-0.2, 0) is 0 Å². The van der Waals surface area contributed by atoms with Crippen LogP contribution in [0.5, 0.6) is 0 Å². The summed E-state index contributed by atoms with van der Waals surface area (Å²) in [6, 6.07) is 13.4. The van der Waals surface area contributed by atoms with Crippen molar-refractivity contribution in [3.8, 4) is 33.6 Å². The molecule has 0 bridgehead atoms. The van der Waals surface area contributed by atoms with Crippen molar-refractivity contribution in [3.05, 3.63) is 84.3 Å². The Morgan fingerprint density at radius 2 is 1.58 bits per heavy atom. The molecule has 152 valence electrons. The quantitative estimate of drug-likeness (QED) is 0.408. The van der Waals surface area contributed by atoms with Gasteiger partial charge >= 0.3 is 0 Å². The Balaban J connectivity index is 1.54. The summed E-state index contributed by atoms with van der Waals surface area (Å²) in [6.07, 6.45) is 5.07. The van der Waals surface area contributed by atoms with Gasteiger partial charge in [-0.15, -0.1) is 0 Å². The summed E-state index contributed by atoms with van der Waals surface area (Å²) in [6.45, 7) is 2.00. The van der Waals surface area contributed by atoms with Gasteiger partial charge in [0, 0.05) is 40.6 Å². The maximum atomic E-state index is 14.2. The Morgan fingerprint density at radius 1 is 0.839 bits per heavy atom. The molecule has 5 rings (SSSR count). The second-order valence-corrected chi connectivity index (χ2v) is 7.30. The number of nitrogen functional groups attached to an aromatic ring is 1. The van der Waals surface area contributed by atoms with Crippen LogP contribution >= 0.6 is 0 Å². The smallest absolute Gasteiger partial charge is 0.219 e. The molecule has 3 N–H and O–H groups in total. The molecule has 3 heterocycles. The van der Waals surface area contributed by atoms with Crippen LogP contribution in [0.25, 0.3) is 44.5 Å². The first-order valence-electron chi connectivity index (χ1n) is 9.61. The third kappa shape index (κ3) is 3.40. The van der Waals surface area contributed by atoms with Gasteiger partial charge in [0.25, 0.3) is 0 Å². The average molecular weight is 413 g/mol. The number of hydrogen-bond donors (Lipinski definition) is 2. The van der Waals surface area contributed by atoms with E-state index in [9.17, 15) is 8.78 Å². The van der Waals surface area contributed by atoms with E-state index in [1.807, 2.05) is 31.2 Å². The number of nitrogens with one attached hydrogen (secondary N) is 1. The Morgan fingerprint density at radius 3 is 2.29 bits per heavy atom. The molecule has 0 radical (unpaired) electrons. The predicted octanol–water partition coefficient (Wildman–Crippen LogP) is 5.52. The van der Waals surface area contributed by atoms with Crippen molar-refractivity contribution < 1.29 is 8.78 Å². The van der Waals surface area contributed by atoms with Crippen molar-refractivity contribution in [1.29, 1.82) is 0 Å². The van der Waals surface area contributed by atoms with Crippen LogP contribution < -0.4 is 5.73 Å². The number of halogens is 2. The fraction of sp³-hybridized carbons (Fsp3) is 0.0417. The van der Waals surface area contributed by atoms with Gasteiger partial charge in [-0.1, -0.05) is 12.1 Å². The molecule has 3 aromatic heterocycles. The highest BCUT2D eigenvalue weighted by atomic mass is 19.1. The molecule has 0 atom stereocenters. The molecule has 0 saturated carbocycles. The molecule has 0 saturated heterocycles. The minimum Gasteiger partial charge on any atom is -0.368 e. The second kappa shape index (κ2) is 7.28. The lowest BCUT2D eigenvalue weighted by molar-refractivity contribution is 0.589. The molecule has 0 amide bonds. The number of aromatic amines is 1. The summed E-state index contributed by atoms with van der Waals surface area (Å²) in [5.41, 5.74) is 11.2. The molecule has 0 spiro atoms. The molecular weight excluding hydrogens is 396 g/mol. The monoisotopic (exact) mass is 413 g/mol. The van der Waals surface area contributed by atoms with E-state index in [-0.39, 0.29) is 11.5 Å². The number of aryl methyl sites for hydroxylation is 1. The highest BCUT2D eigenvalue weighted by molar-refractivity contribution is 5.90. The number of rotatable bonds is 3. The predicted molar refractivity (Wildman–Crippen MR) is 117 cm³/mol. The summed E-state index contributed by atoms with van der Waals surface area (Å²) < 4.78 is 28.4. The largest absolute Gasteiger partial charge is 0.368 e. The van der Waals surface area contributed by atoms with Crippen molar-refractivity contribution in [2.24, 2.45) is 0 Å². The van der Waals surface area contributed by atoms with Crippen molar-refractivity contribution in [3.63, 3.8) is 0 Å². The SMILES string of the molecule is Cc1cc(-c2cnc(N)nc2)ncc1-c1ccc2[nH]c(-c3c(F)cccc3F)cc2c1. The van der Waals surface area contributed by atoms with Crippen LogP contribution in [-0.4, -0.2) is 19.9 Å². The molecule has 5 aromatic rings. The van der Waals surface area contributed by atoms with Gasteiger partial charge < -0.3 is 10.7 Å². The average Bonchev–Trinajstić information content (AvgIpc) is 3.17. The van der Waals surface area contributed by atoms with Crippen LogP contribution in [0.15, 0.2) is 67.1 Å². The number of fused-ring (bicyclic) bond motifs is 1. The zero-order valence-corrected chi connectivity index (χ0v) is 16.5. The van der Waals surface area contributed by atoms with Crippen LogP contribution in [0.2, 0.25) is 0 Å². The van der Waals surface area contributed by atoms with Crippen LogP contribution in [0.1, 0.15) is 5.56 Å². The third-order valence-electron chi connectivity index (χ3n) is 5.24. The molecule has 2 aromatic carbocycles. The lowest BCUT2D eigenvalue weighted by atomic mass is 10.00. The molecule has 0 aliphatic heterocycles.